The minimum atomic E-state index is 0.897. The Balaban J connectivity index is 1.30. The molecule has 0 aliphatic rings. The van der Waals surface area contributed by atoms with Crippen LogP contribution in [0.4, 0.5) is 0 Å². The number of unbranched alkanes of at least 4 members (excludes halogenated alkanes) is 1. The monoisotopic (exact) mass is 332 g/mol. The number of nitrogens with zero attached hydrogens (tertiary/aromatic N) is 3. The molecule has 1 aromatic carbocycles. The van der Waals surface area contributed by atoms with Gasteiger partial charge in [0.15, 0.2) is 0 Å². The maximum atomic E-state index is 4.44. The van der Waals surface area contributed by atoms with Crippen LogP contribution in [0.15, 0.2) is 73.3 Å². The van der Waals surface area contributed by atoms with E-state index in [4.69, 9.17) is 0 Å². The van der Waals surface area contributed by atoms with Crippen LogP contribution in [0.3, 0.4) is 0 Å². The zero-order chi connectivity index (χ0) is 17.2. The first-order valence-electron chi connectivity index (χ1n) is 8.78. The number of pyridine rings is 1. The van der Waals surface area contributed by atoms with Gasteiger partial charge in [0.25, 0.3) is 0 Å². The second kappa shape index (κ2) is 9.55. The number of aryl methyl sites for hydroxylation is 1. The predicted molar refractivity (Wildman–Crippen MR) is 103 cm³/mol. The van der Waals surface area contributed by atoms with Gasteiger partial charge in [0.05, 0.1) is 11.9 Å². The lowest BCUT2D eigenvalue weighted by molar-refractivity contribution is 0.655. The molecule has 0 spiro atoms. The van der Waals surface area contributed by atoms with Crippen molar-refractivity contribution in [3.63, 3.8) is 0 Å². The van der Waals surface area contributed by atoms with E-state index in [1.807, 2.05) is 53.6 Å². The Labute approximate surface area is 149 Å². The molecular formula is C21H24N4. The van der Waals surface area contributed by atoms with Gasteiger partial charge in [-0.1, -0.05) is 30.4 Å². The van der Waals surface area contributed by atoms with E-state index in [-0.39, 0.29) is 0 Å². The summed E-state index contributed by atoms with van der Waals surface area (Å²) in [6.07, 6.45) is 15.4. The smallest absolute Gasteiger partial charge is 0.0645 e. The zero-order valence-corrected chi connectivity index (χ0v) is 14.4. The highest BCUT2D eigenvalue weighted by Crippen LogP contribution is 2.09. The summed E-state index contributed by atoms with van der Waals surface area (Å²) in [5.41, 5.74) is 3.59. The molecule has 0 fully saturated rings. The Hall–Kier alpha value is -2.72. The molecule has 2 heterocycles. The largest absolute Gasteiger partial charge is 0.313 e. The maximum Gasteiger partial charge on any atom is 0.0645 e. The molecule has 0 aliphatic carbocycles. The number of benzene rings is 1. The summed E-state index contributed by atoms with van der Waals surface area (Å²) < 4.78 is 1.94. The molecule has 3 aromatic rings. The predicted octanol–water partition coefficient (Wildman–Crippen LogP) is 3.89. The minimum Gasteiger partial charge on any atom is -0.313 e. The number of para-hydroxylation sites is 1. The van der Waals surface area contributed by atoms with Gasteiger partial charge >= 0.3 is 0 Å². The van der Waals surface area contributed by atoms with E-state index in [1.54, 1.807) is 0 Å². The van der Waals surface area contributed by atoms with Crippen molar-refractivity contribution in [2.24, 2.45) is 0 Å². The fraction of sp³-hybridized carbons (Fsp3) is 0.238. The van der Waals surface area contributed by atoms with Gasteiger partial charge in [-0.15, -0.1) is 0 Å². The van der Waals surface area contributed by atoms with Crippen molar-refractivity contribution in [2.75, 3.05) is 13.1 Å². The summed E-state index contributed by atoms with van der Waals surface area (Å²) in [6.45, 7) is 1.93. The summed E-state index contributed by atoms with van der Waals surface area (Å²) in [5.74, 6) is 0. The number of hydrogen-bond donors (Lipinski definition) is 1. The maximum absolute atomic E-state index is 4.44. The number of hydrogen-bond acceptors (Lipinski definition) is 3. The minimum absolute atomic E-state index is 0.897. The second-order valence-corrected chi connectivity index (χ2v) is 5.97. The van der Waals surface area contributed by atoms with Crippen LogP contribution in [0, 0.1) is 0 Å². The lowest BCUT2D eigenvalue weighted by Crippen LogP contribution is -2.14. The van der Waals surface area contributed by atoms with Gasteiger partial charge in [-0.3, -0.25) is 4.98 Å². The molecule has 4 nitrogen and oxygen atoms in total. The van der Waals surface area contributed by atoms with E-state index in [0.717, 1.165) is 25.2 Å². The number of nitrogens with one attached hydrogen (secondary N) is 1. The van der Waals surface area contributed by atoms with Crippen molar-refractivity contribution >= 4 is 6.08 Å². The van der Waals surface area contributed by atoms with Crippen molar-refractivity contribution in [3.05, 3.63) is 84.5 Å². The zero-order valence-electron chi connectivity index (χ0n) is 14.4. The van der Waals surface area contributed by atoms with Crippen LogP contribution < -0.4 is 5.32 Å². The third-order valence-electron chi connectivity index (χ3n) is 4.00. The van der Waals surface area contributed by atoms with Gasteiger partial charge in [0, 0.05) is 25.1 Å². The Kier molecular flexibility index (Phi) is 6.53. The topological polar surface area (TPSA) is 42.7 Å². The van der Waals surface area contributed by atoms with Crippen molar-refractivity contribution in [2.45, 2.75) is 19.3 Å². The molecule has 128 valence electrons. The molecule has 0 aliphatic heterocycles. The summed E-state index contributed by atoms with van der Waals surface area (Å²) >= 11 is 0. The van der Waals surface area contributed by atoms with E-state index >= 15 is 0 Å². The van der Waals surface area contributed by atoms with Crippen LogP contribution in [-0.4, -0.2) is 27.9 Å². The number of aromatic nitrogens is 3. The van der Waals surface area contributed by atoms with Gasteiger partial charge in [-0.25, -0.2) is 4.68 Å². The van der Waals surface area contributed by atoms with Crippen LogP contribution in [-0.2, 0) is 6.42 Å². The quantitative estimate of drug-likeness (QED) is 0.605. The average molecular weight is 332 g/mol. The SMILES string of the molecule is C(=C\c1ccncc1)/CNCCCCc1cnn(-c2ccccc2)c1. The van der Waals surface area contributed by atoms with Gasteiger partial charge < -0.3 is 5.32 Å². The second-order valence-electron chi connectivity index (χ2n) is 5.97. The molecule has 0 saturated carbocycles. The van der Waals surface area contributed by atoms with Crippen molar-refractivity contribution in [1.29, 1.82) is 0 Å². The van der Waals surface area contributed by atoms with E-state index in [0.29, 0.717) is 0 Å². The molecule has 1 N–H and O–H groups in total. The fourth-order valence-corrected chi connectivity index (χ4v) is 2.65. The first-order valence-corrected chi connectivity index (χ1v) is 8.78. The molecule has 3 rings (SSSR count). The molecule has 0 saturated heterocycles. The standard InChI is InChI=1S/C21H24N4/c1-2-9-21(10-3-1)25-18-20(17-24-25)7-4-5-13-22-14-6-8-19-11-15-23-16-12-19/h1-3,6,8-12,15-18,22H,4-5,7,13-14H2/b8-6+. The molecule has 0 radical (unpaired) electrons. The summed E-state index contributed by atoms with van der Waals surface area (Å²) in [5, 5.41) is 7.89. The summed E-state index contributed by atoms with van der Waals surface area (Å²) in [4.78, 5) is 4.01. The van der Waals surface area contributed by atoms with Gasteiger partial charge in [-0.05, 0) is 61.2 Å². The van der Waals surface area contributed by atoms with Gasteiger partial charge in [0.1, 0.15) is 0 Å². The fourth-order valence-electron chi connectivity index (χ4n) is 2.65. The normalized spacial score (nSPS) is 11.2. The van der Waals surface area contributed by atoms with Gasteiger partial charge in [-0.2, -0.15) is 5.10 Å². The Morgan fingerprint density at radius 2 is 1.84 bits per heavy atom. The van der Waals surface area contributed by atoms with E-state index < -0.39 is 0 Å². The molecular weight excluding hydrogens is 308 g/mol. The van der Waals surface area contributed by atoms with Gasteiger partial charge in [0.2, 0.25) is 0 Å². The van der Waals surface area contributed by atoms with Crippen molar-refractivity contribution in [3.8, 4) is 5.69 Å². The van der Waals surface area contributed by atoms with Crippen molar-refractivity contribution in [1.82, 2.24) is 20.1 Å². The van der Waals surface area contributed by atoms with Crippen LogP contribution >= 0.6 is 0 Å². The van der Waals surface area contributed by atoms with Crippen molar-refractivity contribution < 1.29 is 0 Å². The van der Waals surface area contributed by atoms with E-state index in [2.05, 4.69) is 45.9 Å². The summed E-state index contributed by atoms with van der Waals surface area (Å²) in [7, 11) is 0. The van der Waals surface area contributed by atoms with Crippen LogP contribution in [0.5, 0.6) is 0 Å². The first kappa shape index (κ1) is 17.1. The first-order chi connectivity index (χ1) is 12.4. The Morgan fingerprint density at radius 3 is 2.68 bits per heavy atom. The molecule has 0 unspecified atom stereocenters. The Bertz CT molecular complexity index is 763. The molecule has 4 heteroatoms. The summed E-state index contributed by atoms with van der Waals surface area (Å²) in [6, 6.07) is 14.2. The third kappa shape index (κ3) is 5.69. The van der Waals surface area contributed by atoms with E-state index in [9.17, 15) is 0 Å². The number of rotatable bonds is 9. The Morgan fingerprint density at radius 1 is 1.00 bits per heavy atom. The van der Waals surface area contributed by atoms with Crippen LogP contribution in [0.25, 0.3) is 11.8 Å². The molecule has 0 bridgehead atoms. The highest BCUT2D eigenvalue weighted by Gasteiger charge is 2.00. The molecule has 0 atom stereocenters. The third-order valence-corrected chi connectivity index (χ3v) is 4.00. The van der Waals surface area contributed by atoms with Crippen LogP contribution in [0.2, 0.25) is 0 Å². The lowest BCUT2D eigenvalue weighted by Gasteiger charge is -2.01. The lowest BCUT2D eigenvalue weighted by atomic mass is 10.1. The average Bonchev–Trinajstić information content (AvgIpc) is 3.14. The molecule has 25 heavy (non-hydrogen) atoms. The van der Waals surface area contributed by atoms with Crippen LogP contribution in [0.1, 0.15) is 24.0 Å². The molecule has 2 aromatic heterocycles. The van der Waals surface area contributed by atoms with E-state index in [1.165, 1.54) is 24.0 Å². The highest BCUT2D eigenvalue weighted by atomic mass is 15.3. The molecule has 0 amide bonds. The highest BCUT2D eigenvalue weighted by molar-refractivity contribution is 5.47.